The third-order valence-corrected chi connectivity index (χ3v) is 5.61. The number of carbonyl (C=O) groups is 1. The van der Waals surface area contributed by atoms with Gasteiger partial charge in [0.25, 0.3) is 0 Å². The second-order valence-electron chi connectivity index (χ2n) is 7.14. The molecule has 2 aliphatic rings. The monoisotopic (exact) mass is 297 g/mol. The summed E-state index contributed by atoms with van der Waals surface area (Å²) in [5, 5.41) is 1.01. The molecule has 3 heteroatoms. The van der Waals surface area contributed by atoms with Crippen LogP contribution in [0.3, 0.4) is 0 Å². The van der Waals surface area contributed by atoms with Gasteiger partial charge in [-0.3, -0.25) is 4.79 Å². The Bertz CT molecular complexity index is 725. The van der Waals surface area contributed by atoms with Crippen molar-refractivity contribution in [2.45, 2.75) is 45.4 Å². The lowest BCUT2D eigenvalue weighted by molar-refractivity contribution is 0.0916. The molecule has 1 aromatic carbocycles. The maximum Gasteiger partial charge on any atom is 0.175 e. The Labute approximate surface area is 129 Å². The highest BCUT2D eigenvalue weighted by Gasteiger charge is 2.34. The number of ketones is 1. The number of fused-ring (bicyclic) bond motifs is 1. The van der Waals surface area contributed by atoms with Crippen LogP contribution < -0.4 is 0 Å². The molecule has 2 aromatic rings. The van der Waals surface area contributed by atoms with Gasteiger partial charge < -0.3 is 0 Å². The number of hydrogen-bond acceptors (Lipinski definition) is 3. The van der Waals surface area contributed by atoms with Crippen molar-refractivity contribution in [2.75, 3.05) is 0 Å². The summed E-state index contributed by atoms with van der Waals surface area (Å²) in [4.78, 5) is 18.0. The lowest BCUT2D eigenvalue weighted by Gasteiger charge is -2.26. The van der Waals surface area contributed by atoms with E-state index in [9.17, 15) is 4.79 Å². The highest BCUT2D eigenvalue weighted by atomic mass is 32.1. The first kappa shape index (κ1) is 13.2. The van der Waals surface area contributed by atoms with Crippen LogP contribution >= 0.6 is 11.3 Å². The minimum absolute atomic E-state index is 0.0469. The van der Waals surface area contributed by atoms with Crippen molar-refractivity contribution in [1.29, 1.82) is 0 Å². The number of hydrogen-bond donors (Lipinski definition) is 0. The van der Waals surface area contributed by atoms with Crippen LogP contribution in [0.1, 0.15) is 60.0 Å². The third kappa shape index (κ3) is 2.44. The van der Waals surface area contributed by atoms with E-state index in [1.54, 1.807) is 11.3 Å². The highest BCUT2D eigenvalue weighted by molar-refractivity contribution is 7.17. The van der Waals surface area contributed by atoms with Crippen molar-refractivity contribution in [3.05, 3.63) is 40.4 Å². The Kier molecular flexibility index (Phi) is 2.83. The summed E-state index contributed by atoms with van der Waals surface area (Å²) in [6.45, 7) is 4.31. The molecule has 0 radical (unpaired) electrons. The van der Waals surface area contributed by atoms with Crippen molar-refractivity contribution < 1.29 is 4.79 Å². The highest BCUT2D eigenvalue weighted by Crippen LogP contribution is 2.43. The molecule has 0 bridgehead atoms. The van der Waals surface area contributed by atoms with Gasteiger partial charge in [-0.2, -0.15) is 0 Å². The second kappa shape index (κ2) is 4.51. The van der Waals surface area contributed by atoms with Crippen LogP contribution in [0.5, 0.6) is 0 Å². The van der Waals surface area contributed by atoms with Crippen LogP contribution in [0.4, 0.5) is 0 Å². The van der Waals surface area contributed by atoms with E-state index in [1.165, 1.54) is 24.0 Å². The van der Waals surface area contributed by atoms with Crippen molar-refractivity contribution in [1.82, 2.24) is 4.98 Å². The largest absolute Gasteiger partial charge is 0.293 e. The Morgan fingerprint density at radius 2 is 2.05 bits per heavy atom. The molecule has 1 saturated carbocycles. The number of benzene rings is 1. The molecule has 2 aliphatic carbocycles. The Morgan fingerprint density at radius 3 is 2.81 bits per heavy atom. The molecular weight excluding hydrogens is 278 g/mol. The molecular formula is C18H19NOS. The van der Waals surface area contributed by atoms with Crippen LogP contribution in [-0.4, -0.2) is 10.8 Å². The zero-order valence-electron chi connectivity index (χ0n) is 12.5. The van der Waals surface area contributed by atoms with E-state index in [1.807, 2.05) is 0 Å². The van der Waals surface area contributed by atoms with Gasteiger partial charge in [0.2, 0.25) is 0 Å². The smallest absolute Gasteiger partial charge is 0.175 e. The van der Waals surface area contributed by atoms with E-state index in [-0.39, 0.29) is 11.2 Å². The van der Waals surface area contributed by atoms with Gasteiger partial charge in [-0.05, 0) is 42.2 Å². The van der Waals surface area contributed by atoms with E-state index >= 15 is 0 Å². The van der Waals surface area contributed by atoms with Crippen LogP contribution in [0.15, 0.2) is 24.3 Å². The van der Waals surface area contributed by atoms with Gasteiger partial charge in [-0.25, -0.2) is 4.98 Å². The van der Waals surface area contributed by atoms with E-state index < -0.39 is 0 Å². The quantitative estimate of drug-likeness (QED) is 0.793. The van der Waals surface area contributed by atoms with E-state index in [2.05, 4.69) is 38.1 Å². The molecule has 0 amide bonds. The predicted octanol–water partition coefficient (Wildman–Crippen LogP) is 4.84. The van der Waals surface area contributed by atoms with Crippen LogP contribution in [0, 0.1) is 5.41 Å². The number of Topliss-reactive ketones (excluding diaryl/α,β-unsaturated/α-hetero) is 1. The first-order valence-corrected chi connectivity index (χ1v) is 8.47. The molecule has 1 aromatic heterocycles. The summed E-state index contributed by atoms with van der Waals surface area (Å²) in [6, 6.07) is 8.71. The number of nitrogens with zero attached hydrogens (tertiary/aromatic N) is 1. The van der Waals surface area contributed by atoms with Gasteiger partial charge in [0.05, 0.1) is 10.6 Å². The van der Waals surface area contributed by atoms with E-state index in [4.69, 9.17) is 4.98 Å². The summed E-state index contributed by atoms with van der Waals surface area (Å²) in [5.74, 6) is 1.02. The second-order valence-corrected chi connectivity index (χ2v) is 8.13. The van der Waals surface area contributed by atoms with Crippen molar-refractivity contribution in [2.24, 2.45) is 5.41 Å². The number of thiazole rings is 1. The lowest BCUT2D eigenvalue weighted by Crippen LogP contribution is -2.25. The number of aromatic nitrogens is 1. The number of carbonyl (C=O) groups excluding carboxylic acids is 1. The zero-order chi connectivity index (χ0) is 14.6. The van der Waals surface area contributed by atoms with E-state index in [0.717, 1.165) is 27.9 Å². The average molecular weight is 297 g/mol. The molecule has 1 fully saturated rings. The molecule has 21 heavy (non-hydrogen) atoms. The summed E-state index contributed by atoms with van der Waals surface area (Å²) < 4.78 is 0. The Morgan fingerprint density at radius 1 is 1.24 bits per heavy atom. The Hall–Kier alpha value is -1.48. The maximum atomic E-state index is 12.3. The molecule has 0 aliphatic heterocycles. The van der Waals surface area contributed by atoms with Crippen molar-refractivity contribution in [3.8, 4) is 10.6 Å². The summed E-state index contributed by atoms with van der Waals surface area (Å²) >= 11 is 1.58. The molecule has 0 unspecified atom stereocenters. The maximum absolute atomic E-state index is 12.3. The van der Waals surface area contributed by atoms with Crippen LogP contribution in [0.2, 0.25) is 0 Å². The molecule has 108 valence electrons. The molecule has 0 spiro atoms. The average Bonchev–Trinajstić information content (AvgIpc) is 3.18. The fraction of sp³-hybridized carbons (Fsp3) is 0.444. The molecule has 1 heterocycles. The van der Waals surface area contributed by atoms with Gasteiger partial charge in [0.1, 0.15) is 5.01 Å². The topological polar surface area (TPSA) is 30.0 Å². The van der Waals surface area contributed by atoms with Crippen molar-refractivity contribution >= 4 is 17.1 Å². The summed E-state index contributed by atoms with van der Waals surface area (Å²) in [6.07, 6.45) is 4.17. The predicted molar refractivity (Wildman–Crippen MR) is 86.0 cm³/mol. The first-order valence-electron chi connectivity index (χ1n) is 7.65. The van der Waals surface area contributed by atoms with Crippen molar-refractivity contribution in [3.63, 3.8) is 0 Å². The summed E-state index contributed by atoms with van der Waals surface area (Å²) in [5.41, 5.74) is 3.65. The van der Waals surface area contributed by atoms with E-state index in [0.29, 0.717) is 6.42 Å². The summed E-state index contributed by atoms with van der Waals surface area (Å²) in [7, 11) is 0. The van der Waals surface area contributed by atoms with Gasteiger partial charge >= 0.3 is 0 Å². The fourth-order valence-electron chi connectivity index (χ4n) is 3.19. The molecule has 2 nitrogen and oxygen atoms in total. The molecule has 4 rings (SSSR count). The normalized spacial score (nSPS) is 20.4. The molecule has 0 atom stereocenters. The van der Waals surface area contributed by atoms with Crippen LogP contribution in [0.25, 0.3) is 10.6 Å². The van der Waals surface area contributed by atoms with Crippen LogP contribution in [-0.2, 0) is 6.42 Å². The number of rotatable bonds is 2. The lowest BCUT2D eigenvalue weighted by atomic mass is 9.78. The first-order chi connectivity index (χ1) is 10.0. The molecule has 0 N–H and O–H groups in total. The SMILES string of the molecule is CC1(C)CC(=O)c2sc(-c3cccc(C4CC4)c3)nc2C1. The zero-order valence-corrected chi connectivity index (χ0v) is 13.3. The fourth-order valence-corrected chi connectivity index (χ4v) is 4.20. The minimum atomic E-state index is 0.0469. The Balaban J connectivity index is 1.74. The van der Waals surface area contributed by atoms with Gasteiger partial charge in [0.15, 0.2) is 5.78 Å². The van der Waals surface area contributed by atoms with Gasteiger partial charge in [-0.1, -0.05) is 32.0 Å². The van der Waals surface area contributed by atoms with Gasteiger partial charge in [-0.15, -0.1) is 11.3 Å². The minimum Gasteiger partial charge on any atom is -0.293 e. The molecule has 0 saturated heterocycles. The third-order valence-electron chi connectivity index (χ3n) is 4.42. The standard InChI is InChI=1S/C18H19NOS/c1-18(2)9-14-16(15(20)10-18)21-17(19-14)13-5-3-4-12(8-13)11-6-7-11/h3-5,8,11H,6-7,9-10H2,1-2H3. The van der Waals surface area contributed by atoms with Gasteiger partial charge in [0, 0.05) is 12.0 Å².